The second-order valence-corrected chi connectivity index (χ2v) is 3.91. The Balaban J connectivity index is 2.80. The normalized spacial score (nSPS) is 11.4. The maximum atomic E-state index is 9.01. The van der Waals surface area contributed by atoms with Crippen molar-refractivity contribution in [3.63, 3.8) is 0 Å². The van der Waals surface area contributed by atoms with Crippen LogP contribution in [0.1, 0.15) is 13.8 Å². The average molecular weight is 201 g/mol. The molecule has 1 heterocycles. The number of hydrogen-bond donors (Lipinski definition) is 2. The van der Waals surface area contributed by atoms with Gasteiger partial charge in [0.05, 0.1) is 17.2 Å². The van der Waals surface area contributed by atoms with Crippen LogP contribution in [0.4, 0.5) is 5.82 Å². The van der Waals surface area contributed by atoms with Crippen LogP contribution in [0.3, 0.4) is 0 Å². The largest absolute Gasteiger partial charge is 0.394 e. The zero-order chi connectivity index (χ0) is 9.90. The first-order valence-corrected chi connectivity index (χ1v) is 4.42. The van der Waals surface area contributed by atoms with Gasteiger partial charge in [0.25, 0.3) is 0 Å². The zero-order valence-electron chi connectivity index (χ0n) is 7.71. The van der Waals surface area contributed by atoms with Crippen LogP contribution in [0, 0.1) is 0 Å². The standard InChI is InChI=1S/C9H13ClN2O/c1-9(2,6-13)12-8-7(10)4-3-5-11-8/h3-5,13H,6H2,1-2H3,(H,11,12). The van der Waals surface area contributed by atoms with Crippen LogP contribution in [-0.4, -0.2) is 22.2 Å². The van der Waals surface area contributed by atoms with Crippen LogP contribution >= 0.6 is 11.6 Å². The van der Waals surface area contributed by atoms with E-state index in [9.17, 15) is 0 Å². The number of aliphatic hydroxyl groups excluding tert-OH is 1. The number of nitrogens with one attached hydrogen (secondary N) is 1. The van der Waals surface area contributed by atoms with Crippen molar-refractivity contribution in [1.82, 2.24) is 4.98 Å². The Morgan fingerprint density at radius 1 is 1.62 bits per heavy atom. The minimum atomic E-state index is -0.405. The van der Waals surface area contributed by atoms with E-state index in [1.807, 2.05) is 13.8 Å². The maximum absolute atomic E-state index is 9.01. The van der Waals surface area contributed by atoms with Crippen molar-refractivity contribution < 1.29 is 5.11 Å². The summed E-state index contributed by atoms with van der Waals surface area (Å²) in [5, 5.41) is 12.6. The number of rotatable bonds is 3. The van der Waals surface area contributed by atoms with Gasteiger partial charge in [-0.3, -0.25) is 0 Å². The molecule has 0 aromatic carbocycles. The molecule has 72 valence electrons. The van der Waals surface area contributed by atoms with Crippen LogP contribution in [-0.2, 0) is 0 Å². The van der Waals surface area contributed by atoms with Gasteiger partial charge in [-0.05, 0) is 26.0 Å². The highest BCUT2D eigenvalue weighted by molar-refractivity contribution is 6.32. The van der Waals surface area contributed by atoms with Crippen molar-refractivity contribution in [1.29, 1.82) is 0 Å². The zero-order valence-corrected chi connectivity index (χ0v) is 8.47. The van der Waals surface area contributed by atoms with Gasteiger partial charge in [-0.25, -0.2) is 4.98 Å². The van der Waals surface area contributed by atoms with Crippen LogP contribution in [0.25, 0.3) is 0 Å². The third-order valence-corrected chi connectivity index (χ3v) is 1.92. The summed E-state index contributed by atoms with van der Waals surface area (Å²) in [6, 6.07) is 3.52. The lowest BCUT2D eigenvalue weighted by atomic mass is 10.1. The Hall–Kier alpha value is -0.800. The summed E-state index contributed by atoms with van der Waals surface area (Å²) in [4.78, 5) is 4.06. The van der Waals surface area contributed by atoms with E-state index in [0.29, 0.717) is 10.8 Å². The van der Waals surface area contributed by atoms with Crippen LogP contribution < -0.4 is 5.32 Å². The Kier molecular flexibility index (Phi) is 3.12. The quantitative estimate of drug-likeness (QED) is 0.784. The van der Waals surface area contributed by atoms with Gasteiger partial charge in [-0.1, -0.05) is 11.6 Å². The monoisotopic (exact) mass is 200 g/mol. The van der Waals surface area contributed by atoms with E-state index in [-0.39, 0.29) is 6.61 Å². The second-order valence-electron chi connectivity index (χ2n) is 3.50. The van der Waals surface area contributed by atoms with Crippen molar-refractivity contribution in [3.8, 4) is 0 Å². The lowest BCUT2D eigenvalue weighted by molar-refractivity contribution is 0.234. The van der Waals surface area contributed by atoms with E-state index in [2.05, 4.69) is 10.3 Å². The molecule has 1 aromatic heterocycles. The average Bonchev–Trinajstić information content (AvgIpc) is 2.09. The molecular formula is C9H13ClN2O. The molecule has 0 fully saturated rings. The number of nitrogens with zero attached hydrogens (tertiary/aromatic N) is 1. The topological polar surface area (TPSA) is 45.1 Å². The Labute approximate surface area is 82.8 Å². The summed E-state index contributed by atoms with van der Waals surface area (Å²) in [5.74, 6) is 0.600. The first kappa shape index (κ1) is 10.3. The second kappa shape index (κ2) is 3.94. The minimum absolute atomic E-state index is 0.0277. The lowest BCUT2D eigenvalue weighted by Gasteiger charge is -2.24. The Morgan fingerprint density at radius 3 is 2.85 bits per heavy atom. The first-order valence-electron chi connectivity index (χ1n) is 4.05. The van der Waals surface area contributed by atoms with Crippen LogP contribution in [0.2, 0.25) is 5.02 Å². The molecule has 2 N–H and O–H groups in total. The Bertz CT molecular complexity index is 289. The van der Waals surface area contributed by atoms with Gasteiger partial charge in [0, 0.05) is 6.20 Å². The van der Waals surface area contributed by atoms with Gasteiger partial charge in [-0.2, -0.15) is 0 Å². The summed E-state index contributed by atoms with van der Waals surface area (Å²) in [6.45, 7) is 3.77. The lowest BCUT2D eigenvalue weighted by Crippen LogP contribution is -2.35. The number of halogens is 1. The third kappa shape index (κ3) is 2.86. The molecule has 0 amide bonds. The van der Waals surface area contributed by atoms with E-state index in [1.54, 1.807) is 18.3 Å². The smallest absolute Gasteiger partial charge is 0.145 e. The highest BCUT2D eigenvalue weighted by Gasteiger charge is 2.17. The molecule has 13 heavy (non-hydrogen) atoms. The van der Waals surface area contributed by atoms with Crippen molar-refractivity contribution in [3.05, 3.63) is 23.4 Å². The highest BCUT2D eigenvalue weighted by atomic mass is 35.5. The number of pyridine rings is 1. The Morgan fingerprint density at radius 2 is 2.31 bits per heavy atom. The van der Waals surface area contributed by atoms with Gasteiger partial charge in [-0.15, -0.1) is 0 Å². The van der Waals surface area contributed by atoms with Crippen molar-refractivity contribution in [2.45, 2.75) is 19.4 Å². The van der Waals surface area contributed by atoms with E-state index in [1.165, 1.54) is 0 Å². The predicted molar refractivity (Wildman–Crippen MR) is 54.0 cm³/mol. The molecule has 0 aliphatic carbocycles. The van der Waals surface area contributed by atoms with E-state index < -0.39 is 5.54 Å². The van der Waals surface area contributed by atoms with Crippen LogP contribution in [0.5, 0.6) is 0 Å². The molecule has 1 aromatic rings. The molecule has 0 radical (unpaired) electrons. The van der Waals surface area contributed by atoms with E-state index in [0.717, 1.165) is 0 Å². The summed E-state index contributed by atoms with van der Waals surface area (Å²) in [7, 11) is 0. The molecule has 0 bridgehead atoms. The number of aromatic nitrogens is 1. The van der Waals surface area contributed by atoms with Crippen molar-refractivity contribution >= 4 is 17.4 Å². The molecule has 0 unspecified atom stereocenters. The summed E-state index contributed by atoms with van der Waals surface area (Å²) >= 11 is 5.88. The van der Waals surface area contributed by atoms with Gasteiger partial charge < -0.3 is 10.4 Å². The van der Waals surface area contributed by atoms with Crippen LogP contribution in [0.15, 0.2) is 18.3 Å². The van der Waals surface area contributed by atoms with Crippen molar-refractivity contribution in [2.75, 3.05) is 11.9 Å². The molecule has 0 saturated carbocycles. The fourth-order valence-electron chi connectivity index (χ4n) is 0.838. The fraction of sp³-hybridized carbons (Fsp3) is 0.444. The van der Waals surface area contributed by atoms with Gasteiger partial charge in [0.15, 0.2) is 0 Å². The SMILES string of the molecule is CC(C)(CO)Nc1ncccc1Cl. The van der Waals surface area contributed by atoms with E-state index >= 15 is 0 Å². The molecule has 4 heteroatoms. The fourth-order valence-corrected chi connectivity index (χ4v) is 1.01. The first-order chi connectivity index (χ1) is 6.05. The van der Waals surface area contributed by atoms with Gasteiger partial charge in [0.1, 0.15) is 5.82 Å². The molecular weight excluding hydrogens is 188 g/mol. The highest BCUT2D eigenvalue weighted by Crippen LogP contribution is 2.20. The minimum Gasteiger partial charge on any atom is -0.394 e. The summed E-state index contributed by atoms with van der Waals surface area (Å²) < 4.78 is 0. The molecule has 0 spiro atoms. The number of aliphatic hydroxyl groups is 1. The summed E-state index contributed by atoms with van der Waals surface area (Å²) in [6.07, 6.45) is 1.65. The van der Waals surface area contributed by atoms with Gasteiger partial charge >= 0.3 is 0 Å². The van der Waals surface area contributed by atoms with E-state index in [4.69, 9.17) is 16.7 Å². The molecule has 0 aliphatic rings. The predicted octanol–water partition coefficient (Wildman–Crippen LogP) is 1.92. The number of hydrogen-bond acceptors (Lipinski definition) is 3. The number of anilines is 1. The maximum Gasteiger partial charge on any atom is 0.145 e. The van der Waals surface area contributed by atoms with Gasteiger partial charge in [0.2, 0.25) is 0 Å². The third-order valence-electron chi connectivity index (χ3n) is 1.61. The molecule has 0 atom stereocenters. The molecule has 1 rings (SSSR count). The molecule has 0 aliphatic heterocycles. The van der Waals surface area contributed by atoms with Crippen molar-refractivity contribution in [2.24, 2.45) is 0 Å². The molecule has 0 saturated heterocycles. The summed E-state index contributed by atoms with van der Waals surface area (Å²) in [5.41, 5.74) is -0.405. The molecule has 3 nitrogen and oxygen atoms in total.